The summed E-state index contributed by atoms with van der Waals surface area (Å²) in [5.41, 5.74) is 0.701. The van der Waals surface area contributed by atoms with Gasteiger partial charge in [0.25, 0.3) is 0 Å². The molecule has 2 rings (SSSR count). The summed E-state index contributed by atoms with van der Waals surface area (Å²) in [7, 11) is 0. The standard InChI is InChI=1S/C16H24ClFN2/c1-2-3-10-20(12-14-7-5-9-19-14)11-13-6-4-8-15(17)16(13)18/h4,6,8,14,19H,2-3,5,7,9-12H2,1H3. The minimum Gasteiger partial charge on any atom is -0.313 e. The minimum atomic E-state index is -0.268. The monoisotopic (exact) mass is 298 g/mol. The number of halogens is 2. The van der Waals surface area contributed by atoms with E-state index in [0.717, 1.165) is 32.5 Å². The van der Waals surface area contributed by atoms with Crippen LogP contribution in [0.4, 0.5) is 4.39 Å². The van der Waals surface area contributed by atoms with Crippen molar-refractivity contribution in [2.24, 2.45) is 0 Å². The van der Waals surface area contributed by atoms with E-state index in [0.29, 0.717) is 18.2 Å². The Morgan fingerprint density at radius 2 is 2.30 bits per heavy atom. The molecule has 1 aromatic rings. The van der Waals surface area contributed by atoms with E-state index >= 15 is 0 Å². The molecule has 0 aromatic heterocycles. The number of hydrogen-bond donors (Lipinski definition) is 1. The average Bonchev–Trinajstić information content (AvgIpc) is 2.94. The molecule has 1 saturated heterocycles. The van der Waals surface area contributed by atoms with Crippen LogP contribution in [0.1, 0.15) is 38.2 Å². The Bertz CT molecular complexity index is 419. The molecule has 1 unspecified atom stereocenters. The van der Waals surface area contributed by atoms with Crippen molar-refractivity contribution in [2.75, 3.05) is 19.6 Å². The van der Waals surface area contributed by atoms with Crippen LogP contribution in [-0.4, -0.2) is 30.6 Å². The van der Waals surface area contributed by atoms with Gasteiger partial charge in [-0.3, -0.25) is 4.90 Å². The third kappa shape index (κ3) is 4.44. The summed E-state index contributed by atoms with van der Waals surface area (Å²) in [5, 5.41) is 3.73. The predicted octanol–water partition coefficient (Wildman–Crippen LogP) is 3.83. The molecule has 0 radical (unpaired) electrons. The summed E-state index contributed by atoms with van der Waals surface area (Å²) in [6.45, 7) is 5.95. The Kier molecular flexibility index (Phi) is 6.27. The zero-order valence-electron chi connectivity index (χ0n) is 12.2. The van der Waals surface area contributed by atoms with Gasteiger partial charge in [0.2, 0.25) is 0 Å². The fraction of sp³-hybridized carbons (Fsp3) is 0.625. The number of rotatable bonds is 7. The lowest BCUT2D eigenvalue weighted by molar-refractivity contribution is 0.235. The molecular weight excluding hydrogens is 275 g/mol. The van der Waals surface area contributed by atoms with Crippen molar-refractivity contribution >= 4 is 11.6 Å². The van der Waals surface area contributed by atoms with Crippen LogP contribution in [0.3, 0.4) is 0 Å². The molecule has 0 aliphatic carbocycles. The van der Waals surface area contributed by atoms with Crippen molar-refractivity contribution < 1.29 is 4.39 Å². The Labute approximate surface area is 126 Å². The SMILES string of the molecule is CCCCN(Cc1cccc(Cl)c1F)CC1CCCN1. The lowest BCUT2D eigenvalue weighted by Gasteiger charge is -2.26. The van der Waals surface area contributed by atoms with Crippen molar-refractivity contribution in [2.45, 2.75) is 45.2 Å². The van der Waals surface area contributed by atoms with Crippen LogP contribution in [0, 0.1) is 5.82 Å². The lowest BCUT2D eigenvalue weighted by atomic mass is 10.1. The van der Waals surface area contributed by atoms with E-state index in [1.165, 1.54) is 12.8 Å². The van der Waals surface area contributed by atoms with Gasteiger partial charge in [-0.1, -0.05) is 37.1 Å². The number of nitrogens with zero attached hydrogens (tertiary/aromatic N) is 1. The van der Waals surface area contributed by atoms with Gasteiger partial charge in [0.1, 0.15) is 5.82 Å². The molecule has 112 valence electrons. The van der Waals surface area contributed by atoms with Crippen LogP contribution < -0.4 is 5.32 Å². The van der Waals surface area contributed by atoms with E-state index in [-0.39, 0.29) is 10.8 Å². The molecule has 2 nitrogen and oxygen atoms in total. The summed E-state index contributed by atoms with van der Waals surface area (Å²) in [6, 6.07) is 5.82. The first kappa shape index (κ1) is 15.7. The molecule has 4 heteroatoms. The Balaban J connectivity index is 1.99. The highest BCUT2D eigenvalue weighted by atomic mass is 35.5. The minimum absolute atomic E-state index is 0.219. The molecule has 1 aromatic carbocycles. The maximum atomic E-state index is 14.0. The second-order valence-corrected chi connectivity index (χ2v) is 6.00. The average molecular weight is 299 g/mol. The zero-order valence-corrected chi connectivity index (χ0v) is 12.9. The topological polar surface area (TPSA) is 15.3 Å². The fourth-order valence-electron chi connectivity index (χ4n) is 2.75. The van der Waals surface area contributed by atoms with Gasteiger partial charge in [-0.05, 0) is 38.4 Å². The molecule has 0 saturated carbocycles. The van der Waals surface area contributed by atoms with Gasteiger partial charge in [0.15, 0.2) is 0 Å². The molecule has 1 fully saturated rings. The van der Waals surface area contributed by atoms with Crippen LogP contribution in [0.2, 0.25) is 5.02 Å². The summed E-state index contributed by atoms with van der Waals surface area (Å²) < 4.78 is 14.0. The van der Waals surface area contributed by atoms with Gasteiger partial charge >= 0.3 is 0 Å². The van der Waals surface area contributed by atoms with Gasteiger partial charge in [-0.15, -0.1) is 0 Å². The largest absolute Gasteiger partial charge is 0.313 e. The van der Waals surface area contributed by atoms with Crippen molar-refractivity contribution in [3.63, 3.8) is 0 Å². The zero-order chi connectivity index (χ0) is 14.4. The maximum Gasteiger partial charge on any atom is 0.146 e. The Morgan fingerprint density at radius 3 is 3.00 bits per heavy atom. The summed E-state index contributed by atoms with van der Waals surface area (Å²) >= 11 is 5.87. The van der Waals surface area contributed by atoms with Crippen LogP contribution in [0.5, 0.6) is 0 Å². The summed E-state index contributed by atoms with van der Waals surface area (Å²) in [4.78, 5) is 2.35. The highest BCUT2D eigenvalue weighted by Gasteiger charge is 2.19. The molecule has 1 heterocycles. The van der Waals surface area contributed by atoms with Crippen molar-refractivity contribution in [1.29, 1.82) is 0 Å². The van der Waals surface area contributed by atoms with Gasteiger partial charge in [-0.2, -0.15) is 0 Å². The molecule has 20 heavy (non-hydrogen) atoms. The van der Waals surface area contributed by atoms with Gasteiger partial charge in [0.05, 0.1) is 5.02 Å². The second kappa shape index (κ2) is 7.96. The molecule has 1 N–H and O–H groups in total. The normalized spacial score (nSPS) is 18.9. The molecule has 1 aliphatic heterocycles. The third-order valence-corrected chi connectivity index (χ3v) is 4.19. The highest BCUT2D eigenvalue weighted by Crippen LogP contribution is 2.20. The van der Waals surface area contributed by atoms with Crippen LogP contribution >= 0.6 is 11.6 Å². The van der Waals surface area contributed by atoms with Crippen molar-refractivity contribution in [3.8, 4) is 0 Å². The van der Waals surface area contributed by atoms with E-state index in [1.807, 2.05) is 12.1 Å². The first-order valence-corrected chi connectivity index (χ1v) is 7.97. The summed E-state index contributed by atoms with van der Waals surface area (Å²) in [5.74, 6) is -0.268. The summed E-state index contributed by atoms with van der Waals surface area (Å²) in [6.07, 6.45) is 4.78. The highest BCUT2D eigenvalue weighted by molar-refractivity contribution is 6.30. The second-order valence-electron chi connectivity index (χ2n) is 5.59. The Morgan fingerprint density at radius 1 is 1.45 bits per heavy atom. The first-order chi connectivity index (χ1) is 9.70. The quantitative estimate of drug-likeness (QED) is 0.823. The first-order valence-electron chi connectivity index (χ1n) is 7.59. The van der Waals surface area contributed by atoms with Gasteiger partial charge in [-0.25, -0.2) is 4.39 Å². The maximum absolute atomic E-state index is 14.0. The Hall–Kier alpha value is -0.640. The molecule has 0 bridgehead atoms. The van der Waals surface area contributed by atoms with E-state index < -0.39 is 0 Å². The fourth-order valence-corrected chi connectivity index (χ4v) is 2.95. The molecular formula is C16H24ClFN2. The van der Waals surface area contributed by atoms with E-state index in [2.05, 4.69) is 17.1 Å². The number of hydrogen-bond acceptors (Lipinski definition) is 2. The smallest absolute Gasteiger partial charge is 0.146 e. The lowest BCUT2D eigenvalue weighted by Crippen LogP contribution is -2.37. The van der Waals surface area contributed by atoms with Gasteiger partial charge in [0, 0.05) is 24.7 Å². The molecule has 0 spiro atoms. The van der Waals surface area contributed by atoms with Gasteiger partial charge < -0.3 is 5.32 Å². The molecule has 0 amide bonds. The number of nitrogens with one attached hydrogen (secondary N) is 1. The van der Waals surface area contributed by atoms with E-state index in [1.54, 1.807) is 6.07 Å². The third-order valence-electron chi connectivity index (χ3n) is 3.89. The van der Waals surface area contributed by atoms with E-state index in [9.17, 15) is 4.39 Å². The van der Waals surface area contributed by atoms with Crippen molar-refractivity contribution in [3.05, 3.63) is 34.6 Å². The molecule has 1 atom stereocenters. The van der Waals surface area contributed by atoms with Crippen LogP contribution in [0.15, 0.2) is 18.2 Å². The van der Waals surface area contributed by atoms with Crippen LogP contribution in [-0.2, 0) is 6.54 Å². The number of benzene rings is 1. The van der Waals surface area contributed by atoms with Crippen molar-refractivity contribution in [1.82, 2.24) is 10.2 Å². The van der Waals surface area contributed by atoms with E-state index in [4.69, 9.17) is 11.6 Å². The predicted molar refractivity (Wildman–Crippen MR) is 82.6 cm³/mol. The number of unbranched alkanes of at least 4 members (excludes halogenated alkanes) is 1. The van der Waals surface area contributed by atoms with Crippen LogP contribution in [0.25, 0.3) is 0 Å². The molecule has 1 aliphatic rings.